The molecule has 2 atom stereocenters. The fourth-order valence-electron chi connectivity index (χ4n) is 3.31. The van der Waals surface area contributed by atoms with Crippen molar-refractivity contribution >= 4 is 17.7 Å². The van der Waals surface area contributed by atoms with Crippen LogP contribution in [0.3, 0.4) is 0 Å². The lowest BCUT2D eigenvalue weighted by molar-refractivity contribution is -0.140. The largest absolute Gasteiger partial charge is 0.419 e. The summed E-state index contributed by atoms with van der Waals surface area (Å²) >= 11 is 1.71. The zero-order valence-electron chi connectivity index (χ0n) is 16.6. The molecule has 0 radical (unpaired) electrons. The van der Waals surface area contributed by atoms with Gasteiger partial charge in [0.2, 0.25) is 5.91 Å². The standard InChI is InChI=1S/C21H27F4NO3S/c22-19-7-3-15(14-18(19)21(23,24)25)13-17(28)6-4-16-5-8-20(29)26(16)9-12-30-11-2-1-10-27/h3-4,6-7,14,16-17,27-28H,1-2,5,8-13H2/t16-,17+/m0/s1. The number of aliphatic hydroxyl groups is 2. The summed E-state index contributed by atoms with van der Waals surface area (Å²) in [4.78, 5) is 13.8. The highest BCUT2D eigenvalue weighted by Gasteiger charge is 2.34. The Morgan fingerprint density at radius 3 is 2.73 bits per heavy atom. The molecule has 0 spiro atoms. The van der Waals surface area contributed by atoms with Gasteiger partial charge in [-0.3, -0.25) is 4.79 Å². The molecule has 1 aromatic carbocycles. The number of hydrogen-bond donors (Lipinski definition) is 2. The highest BCUT2D eigenvalue weighted by atomic mass is 32.2. The summed E-state index contributed by atoms with van der Waals surface area (Å²) in [5.74, 6) is 0.397. The van der Waals surface area contributed by atoms with E-state index in [0.717, 1.165) is 30.4 Å². The Bertz CT molecular complexity index is 727. The van der Waals surface area contributed by atoms with Gasteiger partial charge < -0.3 is 15.1 Å². The second kappa shape index (κ2) is 11.7. The Kier molecular flexibility index (Phi) is 9.64. The normalized spacial score (nSPS) is 18.5. The molecule has 0 aromatic heterocycles. The van der Waals surface area contributed by atoms with Crippen molar-refractivity contribution in [2.75, 3.05) is 24.7 Å². The molecule has 30 heavy (non-hydrogen) atoms. The van der Waals surface area contributed by atoms with Crippen LogP contribution < -0.4 is 0 Å². The second-order valence-electron chi connectivity index (χ2n) is 7.20. The number of amides is 1. The van der Waals surface area contributed by atoms with E-state index in [1.165, 1.54) is 12.1 Å². The number of halogens is 4. The first-order valence-corrected chi connectivity index (χ1v) is 11.1. The number of rotatable bonds is 11. The fraction of sp³-hybridized carbons (Fsp3) is 0.571. The van der Waals surface area contributed by atoms with E-state index in [1.54, 1.807) is 22.7 Å². The zero-order valence-corrected chi connectivity index (χ0v) is 17.4. The molecule has 2 rings (SSSR count). The maximum absolute atomic E-state index is 13.4. The summed E-state index contributed by atoms with van der Waals surface area (Å²) in [6, 6.07) is 2.54. The first-order valence-electron chi connectivity index (χ1n) is 9.92. The number of carbonyl (C=O) groups excluding carboxylic acids is 1. The predicted molar refractivity (Wildman–Crippen MR) is 109 cm³/mol. The third kappa shape index (κ3) is 7.59. The molecule has 168 valence electrons. The molecule has 1 aliphatic rings. The molecule has 0 aliphatic carbocycles. The minimum absolute atomic E-state index is 0.0449. The molecule has 0 unspecified atom stereocenters. The van der Waals surface area contributed by atoms with Gasteiger partial charge in [0.1, 0.15) is 5.82 Å². The Hall–Kier alpha value is -1.58. The van der Waals surface area contributed by atoms with E-state index < -0.39 is 23.7 Å². The highest BCUT2D eigenvalue weighted by molar-refractivity contribution is 7.99. The molecular weight excluding hydrogens is 422 g/mol. The Morgan fingerprint density at radius 2 is 2.03 bits per heavy atom. The average Bonchev–Trinajstić information content (AvgIpc) is 3.03. The molecule has 9 heteroatoms. The molecule has 1 fully saturated rings. The lowest BCUT2D eigenvalue weighted by Crippen LogP contribution is -2.34. The number of thioether (sulfide) groups is 1. The Morgan fingerprint density at radius 1 is 1.27 bits per heavy atom. The minimum Gasteiger partial charge on any atom is -0.396 e. The number of nitrogens with zero attached hydrogens (tertiary/aromatic N) is 1. The number of likely N-dealkylation sites (tertiary alicyclic amines) is 1. The monoisotopic (exact) mass is 449 g/mol. The van der Waals surface area contributed by atoms with E-state index in [9.17, 15) is 27.5 Å². The molecule has 1 saturated heterocycles. The average molecular weight is 450 g/mol. The first-order chi connectivity index (χ1) is 14.2. The maximum Gasteiger partial charge on any atom is 0.419 e. The smallest absolute Gasteiger partial charge is 0.396 e. The van der Waals surface area contributed by atoms with Gasteiger partial charge in [-0.25, -0.2) is 4.39 Å². The number of unbranched alkanes of at least 4 members (excludes halogenated alkanes) is 1. The summed E-state index contributed by atoms with van der Waals surface area (Å²) in [6.45, 7) is 0.760. The molecule has 1 heterocycles. The van der Waals surface area contributed by atoms with Crippen LogP contribution in [0.4, 0.5) is 17.6 Å². The molecule has 4 nitrogen and oxygen atoms in total. The molecule has 0 saturated carbocycles. The SMILES string of the molecule is O=C1CC[C@H](C=C[C@@H](O)Cc2ccc(F)c(C(F)(F)F)c2)N1CCSCCCCO. The number of alkyl halides is 3. The topological polar surface area (TPSA) is 60.8 Å². The fourth-order valence-corrected chi connectivity index (χ4v) is 4.25. The van der Waals surface area contributed by atoms with Gasteiger partial charge in [0.05, 0.1) is 17.7 Å². The van der Waals surface area contributed by atoms with Crippen LogP contribution in [-0.2, 0) is 17.4 Å². The van der Waals surface area contributed by atoms with Crippen molar-refractivity contribution < 1.29 is 32.6 Å². The van der Waals surface area contributed by atoms with Crippen LogP contribution in [0.25, 0.3) is 0 Å². The van der Waals surface area contributed by atoms with Crippen molar-refractivity contribution in [1.29, 1.82) is 0 Å². The van der Waals surface area contributed by atoms with E-state index in [-0.39, 0.29) is 30.5 Å². The summed E-state index contributed by atoms with van der Waals surface area (Å²) in [6.07, 6.45) is 0.0346. The van der Waals surface area contributed by atoms with Crippen LogP contribution in [0.2, 0.25) is 0 Å². The van der Waals surface area contributed by atoms with Crippen LogP contribution in [0, 0.1) is 5.82 Å². The van der Waals surface area contributed by atoms with E-state index >= 15 is 0 Å². The van der Waals surface area contributed by atoms with Crippen molar-refractivity contribution in [2.24, 2.45) is 0 Å². The van der Waals surface area contributed by atoms with Gasteiger partial charge in [-0.2, -0.15) is 24.9 Å². The molecular formula is C21H27F4NO3S. The summed E-state index contributed by atoms with van der Waals surface area (Å²) in [5, 5.41) is 19.0. The number of benzene rings is 1. The lowest BCUT2D eigenvalue weighted by Gasteiger charge is -2.22. The predicted octanol–water partition coefficient (Wildman–Crippen LogP) is 3.80. The molecule has 0 bridgehead atoms. The van der Waals surface area contributed by atoms with Gasteiger partial charge in [0, 0.05) is 31.7 Å². The van der Waals surface area contributed by atoms with Crippen LogP contribution in [-0.4, -0.2) is 57.8 Å². The Labute approximate surface area is 178 Å². The molecule has 2 N–H and O–H groups in total. The van der Waals surface area contributed by atoms with Crippen LogP contribution in [0.15, 0.2) is 30.4 Å². The van der Waals surface area contributed by atoms with Crippen LogP contribution >= 0.6 is 11.8 Å². The van der Waals surface area contributed by atoms with E-state index in [1.807, 2.05) is 0 Å². The van der Waals surface area contributed by atoms with Gasteiger partial charge in [0.25, 0.3) is 0 Å². The summed E-state index contributed by atoms with van der Waals surface area (Å²) in [5.41, 5.74) is -1.17. The molecule has 1 amide bonds. The maximum atomic E-state index is 13.4. The van der Waals surface area contributed by atoms with Crippen LogP contribution in [0.1, 0.15) is 36.8 Å². The summed E-state index contributed by atoms with van der Waals surface area (Å²) in [7, 11) is 0. The quantitative estimate of drug-likeness (QED) is 0.307. The molecule has 1 aromatic rings. The van der Waals surface area contributed by atoms with Gasteiger partial charge >= 0.3 is 6.18 Å². The number of hydrogen-bond acceptors (Lipinski definition) is 4. The second-order valence-corrected chi connectivity index (χ2v) is 8.43. The number of carbonyl (C=O) groups is 1. The molecule has 1 aliphatic heterocycles. The van der Waals surface area contributed by atoms with Crippen molar-refractivity contribution in [3.63, 3.8) is 0 Å². The zero-order chi connectivity index (χ0) is 22.1. The lowest BCUT2D eigenvalue weighted by atomic mass is 10.0. The third-order valence-electron chi connectivity index (χ3n) is 4.88. The third-order valence-corrected chi connectivity index (χ3v) is 5.93. The van der Waals surface area contributed by atoms with Crippen molar-refractivity contribution in [3.8, 4) is 0 Å². The van der Waals surface area contributed by atoms with Crippen molar-refractivity contribution in [1.82, 2.24) is 4.90 Å². The van der Waals surface area contributed by atoms with E-state index in [2.05, 4.69) is 0 Å². The van der Waals surface area contributed by atoms with Gasteiger partial charge in [-0.1, -0.05) is 18.2 Å². The van der Waals surface area contributed by atoms with Gasteiger partial charge in [-0.05, 0) is 42.7 Å². The number of aliphatic hydroxyl groups excluding tert-OH is 2. The Balaban J connectivity index is 1.88. The van der Waals surface area contributed by atoms with E-state index in [4.69, 9.17) is 5.11 Å². The van der Waals surface area contributed by atoms with E-state index in [0.29, 0.717) is 25.5 Å². The van der Waals surface area contributed by atoms with Gasteiger partial charge in [-0.15, -0.1) is 0 Å². The summed E-state index contributed by atoms with van der Waals surface area (Å²) < 4.78 is 51.8. The van der Waals surface area contributed by atoms with Crippen molar-refractivity contribution in [3.05, 3.63) is 47.3 Å². The van der Waals surface area contributed by atoms with Crippen molar-refractivity contribution in [2.45, 2.75) is 50.4 Å². The highest BCUT2D eigenvalue weighted by Crippen LogP contribution is 2.32. The minimum atomic E-state index is -4.79. The van der Waals surface area contributed by atoms with Gasteiger partial charge in [0.15, 0.2) is 0 Å². The first kappa shape index (κ1) is 24.7. The van der Waals surface area contributed by atoms with Crippen LogP contribution in [0.5, 0.6) is 0 Å².